The van der Waals surface area contributed by atoms with Gasteiger partial charge in [-0.05, 0) is 48.0 Å². The van der Waals surface area contributed by atoms with E-state index in [0.29, 0.717) is 24.5 Å². The van der Waals surface area contributed by atoms with Crippen molar-refractivity contribution in [2.45, 2.75) is 45.2 Å². The van der Waals surface area contributed by atoms with Crippen LogP contribution in [0.3, 0.4) is 0 Å². The van der Waals surface area contributed by atoms with Crippen molar-refractivity contribution in [1.29, 1.82) is 0 Å². The van der Waals surface area contributed by atoms with E-state index in [-0.39, 0.29) is 12.6 Å². The Kier molecular flexibility index (Phi) is 8.14. The van der Waals surface area contributed by atoms with E-state index < -0.39 is 19.9 Å². The molecule has 194 valence electrons. The Morgan fingerprint density at radius 1 is 0.892 bits per heavy atom. The molecule has 0 N–H and O–H groups in total. The van der Waals surface area contributed by atoms with Crippen molar-refractivity contribution in [1.82, 2.24) is 14.5 Å². The van der Waals surface area contributed by atoms with Crippen molar-refractivity contribution >= 4 is 8.07 Å². The molecule has 0 saturated heterocycles. The lowest BCUT2D eigenvalue weighted by atomic mass is 10.1. The second-order valence-electron chi connectivity index (χ2n) is 10.00. The van der Waals surface area contributed by atoms with Crippen LogP contribution in [0.5, 0.6) is 5.75 Å². The van der Waals surface area contributed by atoms with E-state index in [9.17, 15) is 13.2 Å². The van der Waals surface area contributed by atoms with Gasteiger partial charge in [-0.3, -0.25) is 4.98 Å². The highest BCUT2D eigenvalue weighted by molar-refractivity contribution is 6.76. The topological polar surface area (TPSA) is 49.2 Å². The van der Waals surface area contributed by atoms with Gasteiger partial charge in [0, 0.05) is 38.2 Å². The van der Waals surface area contributed by atoms with Gasteiger partial charge in [-0.25, -0.2) is 4.98 Å². The van der Waals surface area contributed by atoms with Crippen LogP contribution in [-0.4, -0.2) is 29.2 Å². The molecule has 0 fully saturated rings. The number of alkyl halides is 3. The fraction of sp³-hybridized carbons (Fsp3) is 0.286. The van der Waals surface area contributed by atoms with Gasteiger partial charge in [-0.15, -0.1) is 0 Å². The van der Waals surface area contributed by atoms with Crippen molar-refractivity contribution in [3.05, 3.63) is 90.4 Å². The molecule has 0 unspecified atom stereocenters. The SMILES string of the molecule is C[Si](C)(C)CCOCn1cc(C(F)(F)F)nc1-c1ccc(-c2ccc(OCc3ccccc3)cc2)nc1. The maximum absolute atomic E-state index is 13.4. The summed E-state index contributed by atoms with van der Waals surface area (Å²) in [5.41, 5.74) is 2.17. The van der Waals surface area contributed by atoms with Crippen molar-refractivity contribution in [2.75, 3.05) is 6.61 Å². The summed E-state index contributed by atoms with van der Waals surface area (Å²) >= 11 is 0. The average molecular weight is 526 g/mol. The standard InChI is InChI=1S/C28H30F3N3O2Si/c1-37(2,3)16-15-35-20-34-18-26(28(29,30)31)33-27(34)23-11-14-25(32-17-23)22-9-12-24(13-10-22)36-19-21-7-5-4-6-8-21/h4-14,17-18H,15-16,19-20H2,1-3H3. The van der Waals surface area contributed by atoms with E-state index in [1.807, 2.05) is 54.6 Å². The molecule has 0 aliphatic heterocycles. The summed E-state index contributed by atoms with van der Waals surface area (Å²) in [6.07, 6.45) is -2.02. The summed E-state index contributed by atoms with van der Waals surface area (Å²) < 4.78 is 53.0. The number of imidazole rings is 1. The fourth-order valence-corrected chi connectivity index (χ4v) is 4.34. The number of hydrogen-bond acceptors (Lipinski definition) is 4. The zero-order chi connectivity index (χ0) is 26.5. The lowest BCUT2D eigenvalue weighted by Gasteiger charge is -2.16. The molecular formula is C28H30F3N3O2Si. The molecule has 2 aromatic carbocycles. The van der Waals surface area contributed by atoms with Crippen molar-refractivity contribution in [3.8, 4) is 28.4 Å². The van der Waals surface area contributed by atoms with E-state index in [2.05, 4.69) is 29.6 Å². The summed E-state index contributed by atoms with van der Waals surface area (Å²) in [5, 5.41) is 0. The summed E-state index contributed by atoms with van der Waals surface area (Å²) in [6, 6.07) is 21.9. The Balaban J connectivity index is 1.46. The van der Waals surface area contributed by atoms with Crippen LogP contribution >= 0.6 is 0 Å². The molecule has 0 aliphatic carbocycles. The van der Waals surface area contributed by atoms with Gasteiger partial charge in [-0.1, -0.05) is 50.0 Å². The molecule has 9 heteroatoms. The summed E-state index contributed by atoms with van der Waals surface area (Å²) in [7, 11) is -1.31. The molecule has 2 aromatic heterocycles. The molecule has 0 spiro atoms. The van der Waals surface area contributed by atoms with Gasteiger partial charge in [0.05, 0.1) is 5.69 Å². The van der Waals surface area contributed by atoms with E-state index in [1.54, 1.807) is 12.1 Å². The van der Waals surface area contributed by atoms with Crippen LogP contribution in [0, 0.1) is 0 Å². The van der Waals surface area contributed by atoms with Gasteiger partial charge in [-0.2, -0.15) is 13.2 Å². The van der Waals surface area contributed by atoms with Crippen LogP contribution in [0.15, 0.2) is 79.1 Å². The average Bonchev–Trinajstić information content (AvgIpc) is 3.31. The number of ether oxygens (including phenoxy) is 2. The summed E-state index contributed by atoms with van der Waals surface area (Å²) in [4.78, 5) is 8.33. The minimum atomic E-state index is -4.55. The number of rotatable bonds is 10. The zero-order valence-electron chi connectivity index (χ0n) is 21.1. The third-order valence-electron chi connectivity index (χ3n) is 5.71. The molecular weight excluding hydrogens is 495 g/mol. The first kappa shape index (κ1) is 26.6. The number of pyridine rings is 1. The number of aromatic nitrogens is 3. The van der Waals surface area contributed by atoms with Gasteiger partial charge in [0.25, 0.3) is 0 Å². The number of nitrogens with zero attached hydrogens (tertiary/aromatic N) is 3. The molecule has 0 amide bonds. The maximum atomic E-state index is 13.4. The highest BCUT2D eigenvalue weighted by Crippen LogP contribution is 2.31. The molecule has 2 heterocycles. The quantitative estimate of drug-likeness (QED) is 0.159. The number of hydrogen-bond donors (Lipinski definition) is 0. The highest BCUT2D eigenvalue weighted by Gasteiger charge is 2.35. The Hall–Kier alpha value is -3.43. The first-order valence-electron chi connectivity index (χ1n) is 12.0. The predicted molar refractivity (Wildman–Crippen MR) is 141 cm³/mol. The molecule has 37 heavy (non-hydrogen) atoms. The minimum Gasteiger partial charge on any atom is -0.489 e. The summed E-state index contributed by atoms with van der Waals surface area (Å²) in [5.74, 6) is 0.907. The highest BCUT2D eigenvalue weighted by atomic mass is 28.3. The fourth-order valence-electron chi connectivity index (χ4n) is 3.58. The van der Waals surface area contributed by atoms with Crippen molar-refractivity contribution < 1.29 is 22.6 Å². The second-order valence-corrected chi connectivity index (χ2v) is 15.6. The largest absolute Gasteiger partial charge is 0.489 e. The van der Waals surface area contributed by atoms with Crippen LogP contribution in [0.25, 0.3) is 22.6 Å². The van der Waals surface area contributed by atoms with Crippen LogP contribution in [0.2, 0.25) is 25.7 Å². The molecule has 0 radical (unpaired) electrons. The third kappa shape index (κ3) is 7.53. The Bertz CT molecular complexity index is 1280. The van der Waals surface area contributed by atoms with Gasteiger partial charge < -0.3 is 14.0 Å². The van der Waals surface area contributed by atoms with Crippen LogP contribution in [-0.2, 0) is 24.3 Å². The molecule has 4 rings (SSSR count). The van der Waals surface area contributed by atoms with Gasteiger partial charge in [0.2, 0.25) is 0 Å². The van der Waals surface area contributed by atoms with Crippen LogP contribution in [0.1, 0.15) is 11.3 Å². The minimum absolute atomic E-state index is 0.00487. The second kappa shape index (κ2) is 11.3. The van der Waals surface area contributed by atoms with E-state index in [1.165, 1.54) is 10.8 Å². The Morgan fingerprint density at radius 3 is 2.22 bits per heavy atom. The smallest absolute Gasteiger partial charge is 0.434 e. The van der Waals surface area contributed by atoms with Crippen molar-refractivity contribution in [3.63, 3.8) is 0 Å². The Labute approximate surface area is 215 Å². The lowest BCUT2D eigenvalue weighted by molar-refractivity contribution is -0.141. The number of benzene rings is 2. The molecule has 5 nitrogen and oxygen atoms in total. The molecule has 4 aromatic rings. The van der Waals surface area contributed by atoms with Crippen LogP contribution in [0.4, 0.5) is 13.2 Å². The maximum Gasteiger partial charge on any atom is 0.434 e. The first-order chi connectivity index (χ1) is 17.6. The van der Waals surface area contributed by atoms with Crippen LogP contribution < -0.4 is 4.74 Å². The van der Waals surface area contributed by atoms with E-state index in [4.69, 9.17) is 9.47 Å². The van der Waals surface area contributed by atoms with E-state index in [0.717, 1.165) is 29.1 Å². The molecule has 0 atom stereocenters. The molecule has 0 saturated carbocycles. The predicted octanol–water partition coefficient (Wildman–Crippen LogP) is 7.52. The third-order valence-corrected chi connectivity index (χ3v) is 7.42. The molecule has 0 aliphatic rings. The Morgan fingerprint density at radius 2 is 1.59 bits per heavy atom. The zero-order valence-corrected chi connectivity index (χ0v) is 22.1. The number of halogens is 3. The van der Waals surface area contributed by atoms with Gasteiger partial charge in [0.15, 0.2) is 5.69 Å². The van der Waals surface area contributed by atoms with Crippen molar-refractivity contribution in [2.24, 2.45) is 0 Å². The normalized spacial score (nSPS) is 12.1. The van der Waals surface area contributed by atoms with Gasteiger partial charge >= 0.3 is 6.18 Å². The molecule has 0 bridgehead atoms. The summed E-state index contributed by atoms with van der Waals surface area (Å²) in [6.45, 7) is 7.63. The first-order valence-corrected chi connectivity index (χ1v) is 15.7. The lowest BCUT2D eigenvalue weighted by Crippen LogP contribution is -2.22. The monoisotopic (exact) mass is 525 g/mol. The van der Waals surface area contributed by atoms with E-state index >= 15 is 0 Å². The van der Waals surface area contributed by atoms with Gasteiger partial charge in [0.1, 0.15) is 24.9 Å².